The van der Waals surface area contributed by atoms with Gasteiger partial charge in [0.25, 0.3) is 5.91 Å². The van der Waals surface area contributed by atoms with Crippen LogP contribution in [0.15, 0.2) is 75.4 Å². The topological polar surface area (TPSA) is 32.7 Å². The molecule has 3 aromatic carbocycles. The maximum atomic E-state index is 12.9. The SMILES string of the molecule is CCC.CCCCN(C)C(=O)c1ccc2c(c1)N=C(c1ccc(Cl)c(C)c1)c1ccccc1S2. The predicted octanol–water partition coefficient (Wildman–Crippen LogP) is 8.57. The van der Waals surface area contributed by atoms with Crippen molar-refractivity contribution in [1.29, 1.82) is 0 Å². The van der Waals surface area contributed by atoms with Gasteiger partial charge in [-0.2, -0.15) is 0 Å². The highest BCUT2D eigenvalue weighted by molar-refractivity contribution is 7.99. The second-order valence-corrected chi connectivity index (χ2v) is 9.98. The molecule has 5 heteroatoms. The van der Waals surface area contributed by atoms with Gasteiger partial charge in [-0.3, -0.25) is 4.79 Å². The van der Waals surface area contributed by atoms with Crippen LogP contribution in [0, 0.1) is 6.92 Å². The van der Waals surface area contributed by atoms with E-state index in [1.807, 2.05) is 56.4 Å². The number of fused-ring (bicyclic) bond motifs is 2. The number of halogens is 1. The average molecular weight is 493 g/mol. The van der Waals surface area contributed by atoms with Crippen LogP contribution in [0.4, 0.5) is 5.69 Å². The number of carbonyl (C=O) groups is 1. The number of unbranched alkanes of at least 4 members (excludes halogenated alkanes) is 1. The molecule has 34 heavy (non-hydrogen) atoms. The van der Waals surface area contributed by atoms with Crippen LogP contribution in [0.2, 0.25) is 5.02 Å². The molecule has 0 atom stereocenters. The van der Waals surface area contributed by atoms with E-state index in [1.54, 1.807) is 16.7 Å². The number of hydrogen-bond acceptors (Lipinski definition) is 3. The molecule has 1 amide bonds. The van der Waals surface area contributed by atoms with Gasteiger partial charge >= 0.3 is 0 Å². The molecule has 4 rings (SSSR count). The molecule has 0 bridgehead atoms. The fraction of sp³-hybridized carbons (Fsp3) is 0.310. The molecule has 3 nitrogen and oxygen atoms in total. The predicted molar refractivity (Wildman–Crippen MR) is 146 cm³/mol. The summed E-state index contributed by atoms with van der Waals surface area (Å²) in [4.78, 5) is 22.0. The average Bonchev–Trinajstić information content (AvgIpc) is 3.00. The minimum absolute atomic E-state index is 0.0297. The molecular formula is C29H33ClN2OS. The van der Waals surface area contributed by atoms with E-state index in [4.69, 9.17) is 16.6 Å². The number of amides is 1. The summed E-state index contributed by atoms with van der Waals surface area (Å²) < 4.78 is 0. The Morgan fingerprint density at radius 1 is 1.00 bits per heavy atom. The molecule has 0 aliphatic carbocycles. The van der Waals surface area contributed by atoms with Crippen molar-refractivity contribution in [2.45, 2.75) is 56.7 Å². The third kappa shape index (κ3) is 6.11. The van der Waals surface area contributed by atoms with Gasteiger partial charge in [-0.25, -0.2) is 4.99 Å². The molecule has 0 spiro atoms. The van der Waals surface area contributed by atoms with Crippen molar-refractivity contribution in [3.05, 3.63) is 87.9 Å². The first-order valence-electron chi connectivity index (χ1n) is 11.9. The maximum Gasteiger partial charge on any atom is 0.253 e. The van der Waals surface area contributed by atoms with Crippen LogP contribution in [0.25, 0.3) is 0 Å². The molecule has 1 aliphatic rings. The van der Waals surface area contributed by atoms with E-state index in [1.165, 1.54) is 6.42 Å². The third-order valence-electron chi connectivity index (χ3n) is 5.43. The smallest absolute Gasteiger partial charge is 0.253 e. The normalized spacial score (nSPS) is 11.9. The number of rotatable bonds is 5. The van der Waals surface area contributed by atoms with Crippen LogP contribution in [0.3, 0.4) is 0 Å². The second kappa shape index (κ2) is 12.2. The molecule has 1 aliphatic heterocycles. The van der Waals surface area contributed by atoms with Gasteiger partial charge in [0.1, 0.15) is 0 Å². The van der Waals surface area contributed by atoms with E-state index in [-0.39, 0.29) is 5.91 Å². The lowest BCUT2D eigenvalue weighted by Gasteiger charge is -2.17. The van der Waals surface area contributed by atoms with Crippen molar-refractivity contribution in [3.8, 4) is 0 Å². The molecule has 0 N–H and O–H groups in total. The zero-order chi connectivity index (χ0) is 24.7. The van der Waals surface area contributed by atoms with Gasteiger partial charge in [-0.15, -0.1) is 0 Å². The second-order valence-electron chi connectivity index (χ2n) is 8.49. The molecule has 0 fully saturated rings. The molecule has 178 valence electrons. The van der Waals surface area contributed by atoms with E-state index < -0.39 is 0 Å². The fourth-order valence-corrected chi connectivity index (χ4v) is 4.72. The lowest BCUT2D eigenvalue weighted by molar-refractivity contribution is 0.0793. The largest absolute Gasteiger partial charge is 0.342 e. The number of aryl methyl sites for hydroxylation is 1. The van der Waals surface area contributed by atoms with Crippen molar-refractivity contribution in [3.63, 3.8) is 0 Å². The van der Waals surface area contributed by atoms with Crippen molar-refractivity contribution in [2.24, 2.45) is 4.99 Å². The highest BCUT2D eigenvalue weighted by atomic mass is 35.5. The van der Waals surface area contributed by atoms with Gasteiger partial charge in [0.15, 0.2) is 0 Å². The van der Waals surface area contributed by atoms with Gasteiger partial charge < -0.3 is 4.90 Å². The highest BCUT2D eigenvalue weighted by Crippen LogP contribution is 2.41. The summed E-state index contributed by atoms with van der Waals surface area (Å²) >= 11 is 7.95. The Bertz CT molecular complexity index is 1190. The molecule has 0 aromatic heterocycles. The van der Waals surface area contributed by atoms with Crippen molar-refractivity contribution >= 4 is 40.7 Å². The number of benzene rings is 3. The molecule has 0 radical (unpaired) electrons. The van der Waals surface area contributed by atoms with E-state index in [0.29, 0.717) is 5.56 Å². The van der Waals surface area contributed by atoms with E-state index in [0.717, 1.165) is 62.3 Å². The first kappa shape index (κ1) is 26.1. The van der Waals surface area contributed by atoms with Gasteiger partial charge in [0, 0.05) is 45.1 Å². The van der Waals surface area contributed by atoms with Crippen LogP contribution < -0.4 is 0 Å². The molecular weight excluding hydrogens is 460 g/mol. The highest BCUT2D eigenvalue weighted by Gasteiger charge is 2.21. The Kier molecular flexibility index (Phi) is 9.37. The lowest BCUT2D eigenvalue weighted by Crippen LogP contribution is -2.27. The van der Waals surface area contributed by atoms with E-state index in [9.17, 15) is 4.79 Å². The molecule has 3 aromatic rings. The summed E-state index contributed by atoms with van der Waals surface area (Å²) in [5.41, 5.74) is 5.49. The third-order valence-corrected chi connectivity index (χ3v) is 6.99. The maximum absolute atomic E-state index is 12.9. The van der Waals surface area contributed by atoms with Crippen LogP contribution in [-0.4, -0.2) is 30.1 Å². The monoisotopic (exact) mass is 492 g/mol. The molecule has 0 saturated carbocycles. The molecule has 0 unspecified atom stereocenters. The Balaban J connectivity index is 0.00000103. The Labute approximate surface area is 213 Å². The number of carbonyl (C=O) groups excluding carboxylic acids is 1. The number of hydrogen-bond donors (Lipinski definition) is 0. The standard InChI is InChI=1S/C26H25ClN2OS.C3H8/c1-4-5-14-29(3)26(30)19-11-13-24-22(16-19)28-25(18-10-12-21(27)17(2)15-18)20-8-6-7-9-23(20)31-24;1-3-2/h6-13,15-16H,4-5,14H2,1-3H3;3H2,1-2H3. The zero-order valence-corrected chi connectivity index (χ0v) is 22.3. The van der Waals surface area contributed by atoms with Crippen LogP contribution in [-0.2, 0) is 0 Å². The Hall–Kier alpha value is -2.56. The molecule has 0 saturated heterocycles. The Morgan fingerprint density at radius 2 is 1.74 bits per heavy atom. The summed E-state index contributed by atoms with van der Waals surface area (Å²) in [6, 6.07) is 20.1. The van der Waals surface area contributed by atoms with Crippen molar-refractivity contribution in [2.75, 3.05) is 13.6 Å². The molecule has 1 heterocycles. The number of nitrogens with zero attached hydrogens (tertiary/aromatic N) is 2. The zero-order valence-electron chi connectivity index (χ0n) is 20.7. The van der Waals surface area contributed by atoms with Gasteiger partial charge in [-0.05, 0) is 55.3 Å². The van der Waals surface area contributed by atoms with Gasteiger partial charge in [0.05, 0.1) is 11.4 Å². The van der Waals surface area contributed by atoms with Crippen LogP contribution in [0.5, 0.6) is 0 Å². The first-order chi connectivity index (χ1) is 16.4. The minimum Gasteiger partial charge on any atom is -0.342 e. The van der Waals surface area contributed by atoms with Crippen molar-refractivity contribution in [1.82, 2.24) is 4.90 Å². The minimum atomic E-state index is 0.0297. The summed E-state index contributed by atoms with van der Waals surface area (Å²) in [5.74, 6) is 0.0297. The summed E-state index contributed by atoms with van der Waals surface area (Å²) in [5, 5.41) is 0.740. The quantitative estimate of drug-likeness (QED) is 0.279. The number of aliphatic imine (C=N–C) groups is 1. The fourth-order valence-electron chi connectivity index (χ4n) is 3.60. The summed E-state index contributed by atoms with van der Waals surface area (Å²) in [6.07, 6.45) is 3.31. The van der Waals surface area contributed by atoms with E-state index in [2.05, 4.69) is 39.0 Å². The summed E-state index contributed by atoms with van der Waals surface area (Å²) in [6.45, 7) is 9.14. The van der Waals surface area contributed by atoms with Gasteiger partial charge in [-0.1, -0.05) is 81.2 Å². The van der Waals surface area contributed by atoms with Crippen LogP contribution in [0.1, 0.15) is 67.1 Å². The first-order valence-corrected chi connectivity index (χ1v) is 13.1. The Morgan fingerprint density at radius 3 is 2.44 bits per heavy atom. The van der Waals surface area contributed by atoms with Gasteiger partial charge in [0.2, 0.25) is 0 Å². The lowest BCUT2D eigenvalue weighted by atomic mass is 10.00. The van der Waals surface area contributed by atoms with Crippen LogP contribution >= 0.6 is 23.4 Å². The van der Waals surface area contributed by atoms with E-state index >= 15 is 0 Å². The summed E-state index contributed by atoms with van der Waals surface area (Å²) in [7, 11) is 1.86. The van der Waals surface area contributed by atoms with Crippen molar-refractivity contribution < 1.29 is 4.79 Å².